The lowest BCUT2D eigenvalue weighted by molar-refractivity contribution is -0.122. The molecule has 1 atom stereocenters. The first-order valence-corrected chi connectivity index (χ1v) is 7.98. The smallest absolute Gasteiger partial charge is 0.237 e. The van der Waals surface area contributed by atoms with E-state index < -0.39 is 0 Å². The second kappa shape index (κ2) is 7.74. The fraction of sp³-hybridized carbons (Fsp3) is 0.583. The minimum atomic E-state index is -0.381. The van der Waals surface area contributed by atoms with Gasteiger partial charge in [-0.05, 0) is 37.0 Å². The van der Waals surface area contributed by atoms with Crippen LogP contribution in [0, 0.1) is 0 Å². The molecule has 5 heteroatoms. The first kappa shape index (κ1) is 14.5. The van der Waals surface area contributed by atoms with Crippen LogP contribution in [0.3, 0.4) is 0 Å². The Morgan fingerprint density at radius 2 is 2.24 bits per heavy atom. The van der Waals surface area contributed by atoms with Crippen molar-refractivity contribution in [1.29, 1.82) is 0 Å². The van der Waals surface area contributed by atoms with E-state index in [1.165, 1.54) is 9.75 Å². The number of aryl methyl sites for hydroxylation is 1. The molecule has 0 aliphatic rings. The molecule has 17 heavy (non-hydrogen) atoms. The van der Waals surface area contributed by atoms with Crippen molar-refractivity contribution in [2.24, 2.45) is 5.73 Å². The van der Waals surface area contributed by atoms with Crippen LogP contribution in [0.15, 0.2) is 12.1 Å². The summed E-state index contributed by atoms with van der Waals surface area (Å²) < 4.78 is 0. The van der Waals surface area contributed by atoms with Gasteiger partial charge >= 0.3 is 0 Å². The van der Waals surface area contributed by atoms with E-state index in [1.54, 1.807) is 23.1 Å². The molecular weight excluding hydrogens is 252 g/mol. The first-order valence-electron chi connectivity index (χ1n) is 5.77. The number of carbonyl (C=O) groups is 1. The van der Waals surface area contributed by atoms with Crippen LogP contribution in [-0.2, 0) is 17.8 Å². The summed E-state index contributed by atoms with van der Waals surface area (Å²) in [5.74, 6) is 0.874. The third-order valence-corrected chi connectivity index (χ3v) is 4.35. The van der Waals surface area contributed by atoms with E-state index >= 15 is 0 Å². The maximum absolute atomic E-state index is 11.7. The highest BCUT2D eigenvalue weighted by Gasteiger charge is 2.12. The zero-order valence-corrected chi connectivity index (χ0v) is 12.0. The van der Waals surface area contributed by atoms with Gasteiger partial charge in [0.25, 0.3) is 0 Å². The van der Waals surface area contributed by atoms with Crippen LogP contribution in [0.4, 0.5) is 0 Å². The van der Waals surface area contributed by atoms with E-state index in [1.807, 2.05) is 6.26 Å². The SMILES string of the molecule is CCc1ccc(CNC(=O)[C@@H](N)CCSC)s1. The summed E-state index contributed by atoms with van der Waals surface area (Å²) in [5.41, 5.74) is 5.78. The van der Waals surface area contributed by atoms with Crippen LogP contribution in [0.25, 0.3) is 0 Å². The number of thiophene rings is 1. The Bertz CT molecular complexity index is 352. The van der Waals surface area contributed by atoms with E-state index in [-0.39, 0.29) is 11.9 Å². The predicted molar refractivity (Wildman–Crippen MR) is 76.5 cm³/mol. The number of nitrogens with one attached hydrogen (secondary N) is 1. The van der Waals surface area contributed by atoms with Gasteiger partial charge in [-0.15, -0.1) is 11.3 Å². The van der Waals surface area contributed by atoms with Crippen molar-refractivity contribution in [3.63, 3.8) is 0 Å². The van der Waals surface area contributed by atoms with Crippen LogP contribution >= 0.6 is 23.1 Å². The van der Waals surface area contributed by atoms with Crippen LogP contribution < -0.4 is 11.1 Å². The van der Waals surface area contributed by atoms with Crippen molar-refractivity contribution in [1.82, 2.24) is 5.32 Å². The van der Waals surface area contributed by atoms with Gasteiger partial charge in [-0.3, -0.25) is 4.79 Å². The third kappa shape index (κ3) is 5.10. The molecule has 1 rings (SSSR count). The van der Waals surface area contributed by atoms with Crippen LogP contribution in [-0.4, -0.2) is 24.0 Å². The lowest BCUT2D eigenvalue weighted by Crippen LogP contribution is -2.40. The Morgan fingerprint density at radius 3 is 2.82 bits per heavy atom. The number of amides is 1. The topological polar surface area (TPSA) is 55.1 Å². The van der Waals surface area contributed by atoms with Crippen molar-refractivity contribution >= 4 is 29.0 Å². The average molecular weight is 272 g/mol. The lowest BCUT2D eigenvalue weighted by Gasteiger charge is -2.10. The molecule has 0 aromatic carbocycles. The van der Waals surface area contributed by atoms with E-state index in [2.05, 4.69) is 24.4 Å². The van der Waals surface area contributed by atoms with Crippen molar-refractivity contribution < 1.29 is 4.79 Å². The summed E-state index contributed by atoms with van der Waals surface area (Å²) in [5, 5.41) is 2.88. The second-order valence-corrected chi connectivity index (χ2v) is 6.07. The molecule has 1 heterocycles. The summed E-state index contributed by atoms with van der Waals surface area (Å²) in [6, 6.07) is 3.80. The summed E-state index contributed by atoms with van der Waals surface area (Å²) in [7, 11) is 0. The highest BCUT2D eigenvalue weighted by atomic mass is 32.2. The molecule has 3 N–H and O–H groups in total. The lowest BCUT2D eigenvalue weighted by atomic mass is 10.2. The summed E-state index contributed by atoms with van der Waals surface area (Å²) >= 11 is 3.45. The van der Waals surface area contributed by atoms with Gasteiger partial charge in [0, 0.05) is 9.75 Å². The molecule has 1 amide bonds. The number of thioether (sulfide) groups is 1. The van der Waals surface area contributed by atoms with Gasteiger partial charge in [0.2, 0.25) is 5.91 Å². The first-order chi connectivity index (χ1) is 8.17. The van der Waals surface area contributed by atoms with Gasteiger partial charge in [-0.1, -0.05) is 6.92 Å². The van der Waals surface area contributed by atoms with E-state index in [0.29, 0.717) is 6.54 Å². The Kier molecular flexibility index (Phi) is 6.62. The summed E-state index contributed by atoms with van der Waals surface area (Å²) in [6.45, 7) is 2.73. The highest BCUT2D eigenvalue weighted by Crippen LogP contribution is 2.16. The van der Waals surface area contributed by atoms with Crippen LogP contribution in [0.2, 0.25) is 0 Å². The minimum Gasteiger partial charge on any atom is -0.350 e. The Labute approximate surface area is 111 Å². The minimum absolute atomic E-state index is 0.0505. The number of nitrogens with two attached hydrogens (primary N) is 1. The zero-order valence-electron chi connectivity index (χ0n) is 10.4. The Hall–Kier alpha value is -0.520. The van der Waals surface area contributed by atoms with Crippen molar-refractivity contribution in [3.8, 4) is 0 Å². The molecule has 0 aliphatic heterocycles. The van der Waals surface area contributed by atoms with Crippen molar-refractivity contribution in [2.75, 3.05) is 12.0 Å². The number of carbonyl (C=O) groups excluding carboxylic acids is 1. The fourth-order valence-corrected chi connectivity index (χ4v) is 2.78. The fourth-order valence-electron chi connectivity index (χ4n) is 1.39. The Morgan fingerprint density at radius 1 is 1.53 bits per heavy atom. The summed E-state index contributed by atoms with van der Waals surface area (Å²) in [6.07, 6.45) is 3.80. The highest BCUT2D eigenvalue weighted by molar-refractivity contribution is 7.98. The number of hydrogen-bond acceptors (Lipinski definition) is 4. The van der Waals surface area contributed by atoms with Crippen LogP contribution in [0.5, 0.6) is 0 Å². The standard InChI is InChI=1S/C12H20N2OS2/c1-3-9-4-5-10(17-9)8-14-12(15)11(13)6-7-16-2/h4-5,11H,3,6-8,13H2,1-2H3,(H,14,15)/t11-/m0/s1. The van der Waals surface area contributed by atoms with E-state index in [0.717, 1.165) is 18.6 Å². The number of rotatable bonds is 7. The van der Waals surface area contributed by atoms with Gasteiger partial charge < -0.3 is 11.1 Å². The maximum atomic E-state index is 11.7. The quantitative estimate of drug-likeness (QED) is 0.798. The second-order valence-electron chi connectivity index (χ2n) is 3.83. The predicted octanol–water partition coefficient (Wildman–Crippen LogP) is 2.01. The largest absolute Gasteiger partial charge is 0.350 e. The molecule has 0 saturated carbocycles. The monoisotopic (exact) mass is 272 g/mol. The molecule has 0 aliphatic carbocycles. The van der Waals surface area contributed by atoms with Gasteiger partial charge in [0.1, 0.15) is 0 Å². The van der Waals surface area contributed by atoms with E-state index in [4.69, 9.17) is 5.73 Å². The zero-order chi connectivity index (χ0) is 12.7. The van der Waals surface area contributed by atoms with Gasteiger partial charge in [0.05, 0.1) is 12.6 Å². The molecule has 3 nitrogen and oxygen atoms in total. The van der Waals surface area contributed by atoms with Crippen LogP contribution in [0.1, 0.15) is 23.1 Å². The molecule has 1 aromatic heterocycles. The average Bonchev–Trinajstić information content (AvgIpc) is 2.80. The van der Waals surface area contributed by atoms with E-state index in [9.17, 15) is 4.79 Å². The normalized spacial score (nSPS) is 12.4. The molecule has 0 fully saturated rings. The molecule has 96 valence electrons. The van der Waals surface area contributed by atoms with Gasteiger partial charge in [-0.2, -0.15) is 11.8 Å². The molecule has 1 aromatic rings. The molecule has 0 bridgehead atoms. The van der Waals surface area contributed by atoms with Crippen molar-refractivity contribution in [3.05, 3.63) is 21.9 Å². The van der Waals surface area contributed by atoms with Crippen molar-refractivity contribution in [2.45, 2.75) is 32.4 Å². The molecule has 0 saturated heterocycles. The van der Waals surface area contributed by atoms with Gasteiger partial charge in [0.15, 0.2) is 0 Å². The summed E-state index contributed by atoms with van der Waals surface area (Å²) in [4.78, 5) is 14.2. The third-order valence-electron chi connectivity index (χ3n) is 2.47. The maximum Gasteiger partial charge on any atom is 0.237 e. The molecule has 0 spiro atoms. The molecule has 0 unspecified atom stereocenters. The molecular formula is C12H20N2OS2. The van der Waals surface area contributed by atoms with Gasteiger partial charge in [-0.25, -0.2) is 0 Å². The number of hydrogen-bond donors (Lipinski definition) is 2. The Balaban J connectivity index is 2.32. The molecule has 0 radical (unpaired) electrons.